The third kappa shape index (κ3) is 6.16. The highest BCUT2D eigenvalue weighted by molar-refractivity contribution is 7.52. The van der Waals surface area contributed by atoms with Gasteiger partial charge in [0.15, 0.2) is 23.2 Å². The molecule has 6 atom stereocenters. The van der Waals surface area contributed by atoms with Crippen LogP contribution in [0.3, 0.4) is 0 Å². The first-order chi connectivity index (χ1) is 22.0. The number of carboxylic acid groups (broad SMARTS) is 1. The Kier molecular flexibility index (Phi) is 8.70. The molecule has 6 rings (SSSR count). The van der Waals surface area contributed by atoms with E-state index in [4.69, 9.17) is 31.1 Å². The molecule has 1 unspecified atom stereocenters. The lowest BCUT2D eigenvalue weighted by atomic mass is 9.94. The SMILES string of the molecule is C[C@@](Cc1ccccc1)(NP(=O)(OC[C@H]1O[C@@H](n2c(Cl)nc3c(N)ncnc32)[C@H](O)[C@@H]1O)Oc1cccc2ccccc12)C(=O)O. The summed E-state index contributed by atoms with van der Waals surface area (Å²) in [5, 5.41) is 36.1. The molecule has 2 aromatic heterocycles. The van der Waals surface area contributed by atoms with Gasteiger partial charge in [0, 0.05) is 11.8 Å². The topological polar surface area (TPSA) is 204 Å². The lowest BCUT2D eigenvalue weighted by Gasteiger charge is -2.31. The quantitative estimate of drug-likeness (QED) is 0.101. The number of imidazole rings is 1. The monoisotopic (exact) mass is 668 g/mol. The Morgan fingerprint density at radius 3 is 2.57 bits per heavy atom. The minimum absolute atomic E-state index is 0.0492. The summed E-state index contributed by atoms with van der Waals surface area (Å²) >= 11 is 6.33. The first kappa shape index (κ1) is 31.8. The Hall–Kier alpha value is -4.14. The zero-order valence-corrected chi connectivity index (χ0v) is 26.0. The van der Waals surface area contributed by atoms with Crippen molar-refractivity contribution in [2.24, 2.45) is 0 Å². The molecule has 0 saturated carbocycles. The Morgan fingerprint density at radius 1 is 1.09 bits per heavy atom. The van der Waals surface area contributed by atoms with Crippen molar-refractivity contribution in [3.05, 3.63) is 90.0 Å². The second-order valence-electron chi connectivity index (χ2n) is 11.0. The van der Waals surface area contributed by atoms with Gasteiger partial charge in [-0.15, -0.1) is 0 Å². The number of aliphatic hydroxyl groups is 2. The molecule has 240 valence electrons. The number of aliphatic carboxylic acids is 1. The normalized spacial score (nSPS) is 22.4. The van der Waals surface area contributed by atoms with Crippen molar-refractivity contribution in [3.63, 3.8) is 0 Å². The predicted octanol–water partition coefficient (Wildman–Crippen LogP) is 3.71. The van der Waals surface area contributed by atoms with Crippen LogP contribution in [0.2, 0.25) is 5.28 Å². The fourth-order valence-corrected chi connectivity index (χ4v) is 7.30. The van der Waals surface area contributed by atoms with Crippen LogP contribution < -0.4 is 15.3 Å². The number of nitrogens with zero attached hydrogens (tertiary/aromatic N) is 4. The lowest BCUT2D eigenvalue weighted by Crippen LogP contribution is -2.50. The number of nitrogens with two attached hydrogens (primary N) is 1. The minimum Gasteiger partial charge on any atom is -0.480 e. The largest absolute Gasteiger partial charge is 0.480 e. The van der Waals surface area contributed by atoms with Crippen LogP contribution in [0.1, 0.15) is 18.7 Å². The van der Waals surface area contributed by atoms with Crippen LogP contribution in [0.15, 0.2) is 79.1 Å². The molecule has 0 spiro atoms. The minimum atomic E-state index is -4.58. The van der Waals surface area contributed by atoms with Gasteiger partial charge in [0.25, 0.3) is 0 Å². The number of rotatable bonds is 11. The van der Waals surface area contributed by atoms with Gasteiger partial charge in [0.1, 0.15) is 35.9 Å². The van der Waals surface area contributed by atoms with Crippen molar-refractivity contribution in [1.29, 1.82) is 0 Å². The number of ether oxygens (including phenoxy) is 1. The van der Waals surface area contributed by atoms with Gasteiger partial charge in [-0.25, -0.2) is 19.5 Å². The molecule has 3 aromatic carbocycles. The standard InChI is InChI=1S/C30H30ClN6O8P/c1-30(28(40)41,14-17-8-3-2-4-9-17)36-46(42,45-20-13-7-11-18-10-5-6-12-19(18)20)43-15-21-23(38)24(39)27(44-21)37-26-22(35-29(37)31)25(32)33-16-34-26/h2-13,16,21,23-24,27,38-39H,14-15H2,1H3,(H,36,42)(H,40,41)(H2,32,33,34)/t21-,23-,24-,27-,30+,46?/m1/s1. The number of benzene rings is 3. The molecule has 5 aromatic rings. The fourth-order valence-electron chi connectivity index (χ4n) is 5.33. The lowest BCUT2D eigenvalue weighted by molar-refractivity contribution is -0.143. The average Bonchev–Trinajstić information content (AvgIpc) is 3.51. The van der Waals surface area contributed by atoms with Crippen molar-refractivity contribution in [3.8, 4) is 5.75 Å². The smallest absolute Gasteiger partial charge is 0.459 e. The van der Waals surface area contributed by atoms with Crippen LogP contribution >= 0.6 is 19.3 Å². The molecule has 1 aliphatic heterocycles. The van der Waals surface area contributed by atoms with Crippen LogP contribution in [-0.4, -0.2) is 71.3 Å². The highest BCUT2D eigenvalue weighted by Crippen LogP contribution is 2.49. The molecule has 0 amide bonds. The third-order valence-corrected chi connectivity index (χ3v) is 9.65. The fraction of sp³-hybridized carbons (Fsp3) is 0.267. The second-order valence-corrected chi connectivity index (χ2v) is 13.0. The number of nitrogens with one attached hydrogen (secondary N) is 1. The molecule has 0 aliphatic carbocycles. The maximum absolute atomic E-state index is 14.6. The maximum Gasteiger partial charge on any atom is 0.459 e. The number of carboxylic acids is 1. The van der Waals surface area contributed by atoms with Crippen molar-refractivity contribution >= 4 is 53.1 Å². The number of hydrogen-bond acceptors (Lipinski definition) is 11. The van der Waals surface area contributed by atoms with E-state index in [2.05, 4.69) is 20.0 Å². The van der Waals surface area contributed by atoms with Crippen LogP contribution in [0.25, 0.3) is 21.9 Å². The van der Waals surface area contributed by atoms with E-state index in [9.17, 15) is 24.7 Å². The first-order valence-corrected chi connectivity index (χ1v) is 16.0. The molecule has 1 saturated heterocycles. The molecule has 6 N–H and O–H groups in total. The van der Waals surface area contributed by atoms with Gasteiger partial charge in [-0.05, 0) is 35.5 Å². The van der Waals surface area contributed by atoms with Gasteiger partial charge in [-0.1, -0.05) is 66.7 Å². The number of fused-ring (bicyclic) bond motifs is 2. The molecular weight excluding hydrogens is 639 g/mol. The Morgan fingerprint density at radius 2 is 1.80 bits per heavy atom. The van der Waals surface area contributed by atoms with Gasteiger partial charge >= 0.3 is 13.7 Å². The Bertz CT molecular complexity index is 1940. The summed E-state index contributed by atoms with van der Waals surface area (Å²) in [5.74, 6) is -1.09. The highest BCUT2D eigenvalue weighted by Gasteiger charge is 2.48. The van der Waals surface area contributed by atoms with Crippen molar-refractivity contribution < 1.29 is 38.5 Å². The Balaban J connectivity index is 1.30. The average molecular weight is 669 g/mol. The van der Waals surface area contributed by atoms with E-state index in [1.165, 1.54) is 17.8 Å². The van der Waals surface area contributed by atoms with E-state index in [1.807, 2.05) is 18.2 Å². The van der Waals surface area contributed by atoms with Gasteiger partial charge < -0.3 is 30.3 Å². The van der Waals surface area contributed by atoms with E-state index >= 15 is 0 Å². The van der Waals surface area contributed by atoms with Crippen molar-refractivity contribution in [2.75, 3.05) is 12.3 Å². The summed E-state index contributed by atoms with van der Waals surface area (Å²) in [6.07, 6.45) is -4.55. The van der Waals surface area contributed by atoms with Crippen LogP contribution in [0, 0.1) is 0 Å². The highest BCUT2D eigenvalue weighted by atomic mass is 35.5. The molecular formula is C30H30ClN6O8P. The number of halogens is 1. The van der Waals surface area contributed by atoms with E-state index in [0.29, 0.717) is 10.9 Å². The molecule has 14 nitrogen and oxygen atoms in total. The molecule has 3 heterocycles. The van der Waals surface area contributed by atoms with E-state index in [-0.39, 0.29) is 34.4 Å². The van der Waals surface area contributed by atoms with E-state index in [0.717, 1.165) is 5.39 Å². The summed E-state index contributed by atoms with van der Waals surface area (Å²) in [7, 11) is -4.58. The molecule has 1 fully saturated rings. The maximum atomic E-state index is 14.6. The Labute approximate surface area is 267 Å². The summed E-state index contributed by atoms with van der Waals surface area (Å²) in [6, 6.07) is 21.1. The predicted molar refractivity (Wildman–Crippen MR) is 168 cm³/mol. The number of aliphatic hydroxyl groups excluding tert-OH is 2. The van der Waals surface area contributed by atoms with E-state index in [1.54, 1.807) is 54.6 Å². The molecule has 46 heavy (non-hydrogen) atoms. The van der Waals surface area contributed by atoms with E-state index < -0.39 is 50.4 Å². The third-order valence-electron chi connectivity index (χ3n) is 7.69. The summed E-state index contributed by atoms with van der Waals surface area (Å²) in [6.45, 7) is 0.775. The first-order valence-electron chi connectivity index (χ1n) is 14.1. The van der Waals surface area contributed by atoms with Gasteiger partial charge in [-0.2, -0.15) is 5.09 Å². The molecule has 16 heteroatoms. The number of aromatic nitrogens is 4. The summed E-state index contributed by atoms with van der Waals surface area (Å²) in [4.78, 5) is 24.8. The van der Waals surface area contributed by atoms with Crippen LogP contribution in [-0.2, 0) is 25.0 Å². The van der Waals surface area contributed by atoms with Gasteiger partial charge in [0.2, 0.25) is 5.28 Å². The summed E-state index contributed by atoms with van der Waals surface area (Å²) < 4.78 is 33.6. The number of nitrogen functional groups attached to an aromatic ring is 1. The molecule has 0 radical (unpaired) electrons. The zero-order chi connectivity index (χ0) is 32.6. The van der Waals surface area contributed by atoms with Crippen LogP contribution in [0.4, 0.5) is 5.82 Å². The van der Waals surface area contributed by atoms with Crippen molar-refractivity contribution in [1.82, 2.24) is 24.6 Å². The van der Waals surface area contributed by atoms with Gasteiger partial charge in [-0.3, -0.25) is 13.9 Å². The summed E-state index contributed by atoms with van der Waals surface area (Å²) in [5.41, 5.74) is 5.04. The second kappa shape index (κ2) is 12.6. The molecule has 1 aliphatic rings. The molecule has 0 bridgehead atoms. The van der Waals surface area contributed by atoms with Crippen molar-refractivity contribution in [2.45, 2.75) is 43.4 Å². The zero-order valence-electron chi connectivity index (χ0n) is 24.3. The number of hydrogen-bond donors (Lipinski definition) is 5. The van der Waals surface area contributed by atoms with Crippen LogP contribution in [0.5, 0.6) is 5.75 Å². The number of anilines is 1. The van der Waals surface area contributed by atoms with Gasteiger partial charge in [0.05, 0.1) is 6.61 Å². The number of carbonyl (C=O) groups is 1.